The standard InChI is InChI=1S/C15H21O7P/c1-10(2)14-13(3,4)9-19-15(14,22-21-14)11-6-5-7-12(8-11)20-23(16,17)18/h5-8,10H,9H2,1-4H3,(H2,16,17,18). The van der Waals surface area contributed by atoms with Crippen LogP contribution in [0.1, 0.15) is 33.3 Å². The van der Waals surface area contributed by atoms with E-state index in [-0.39, 0.29) is 17.1 Å². The number of benzene rings is 1. The lowest BCUT2D eigenvalue weighted by Crippen LogP contribution is -2.69. The minimum Gasteiger partial charge on any atom is -0.404 e. The van der Waals surface area contributed by atoms with Crippen LogP contribution in [-0.2, 0) is 24.9 Å². The van der Waals surface area contributed by atoms with E-state index in [0.29, 0.717) is 12.2 Å². The molecule has 7 nitrogen and oxygen atoms in total. The van der Waals surface area contributed by atoms with Crippen LogP contribution in [0.3, 0.4) is 0 Å². The molecule has 8 heteroatoms. The van der Waals surface area contributed by atoms with Gasteiger partial charge in [-0.1, -0.05) is 39.8 Å². The number of phosphoric ester groups is 1. The molecule has 2 unspecified atom stereocenters. The molecule has 2 aliphatic rings. The van der Waals surface area contributed by atoms with Crippen molar-refractivity contribution in [2.75, 3.05) is 6.61 Å². The first-order chi connectivity index (χ1) is 10.5. The summed E-state index contributed by atoms with van der Waals surface area (Å²) in [6, 6.07) is 6.39. The number of ether oxygens (including phenoxy) is 1. The summed E-state index contributed by atoms with van der Waals surface area (Å²) in [5.41, 5.74) is -0.380. The van der Waals surface area contributed by atoms with Gasteiger partial charge < -0.3 is 9.26 Å². The summed E-state index contributed by atoms with van der Waals surface area (Å²) in [5, 5.41) is 0. The minimum atomic E-state index is -4.63. The molecule has 2 aliphatic heterocycles. The van der Waals surface area contributed by atoms with Gasteiger partial charge >= 0.3 is 7.82 Å². The highest BCUT2D eigenvalue weighted by Crippen LogP contribution is 2.66. The van der Waals surface area contributed by atoms with Gasteiger partial charge in [-0.3, -0.25) is 9.79 Å². The molecule has 0 bridgehead atoms. The molecule has 2 heterocycles. The molecule has 2 atom stereocenters. The molecule has 0 aliphatic carbocycles. The SMILES string of the molecule is CC(C)C12OOC1(c1cccc(OP(=O)(O)O)c1)OCC2(C)C. The van der Waals surface area contributed by atoms with Crippen LogP contribution in [0.5, 0.6) is 5.75 Å². The van der Waals surface area contributed by atoms with E-state index in [9.17, 15) is 4.57 Å². The second-order valence-electron chi connectivity index (χ2n) is 6.96. The maximum atomic E-state index is 11.1. The predicted octanol–water partition coefficient (Wildman–Crippen LogP) is 2.72. The van der Waals surface area contributed by atoms with E-state index in [2.05, 4.69) is 4.52 Å². The number of hydrogen-bond acceptors (Lipinski definition) is 5. The summed E-state index contributed by atoms with van der Waals surface area (Å²) in [4.78, 5) is 29.0. The summed E-state index contributed by atoms with van der Waals surface area (Å²) >= 11 is 0. The number of rotatable bonds is 4. The van der Waals surface area contributed by atoms with Gasteiger partial charge in [0.2, 0.25) is 0 Å². The topological polar surface area (TPSA) is 94.5 Å². The van der Waals surface area contributed by atoms with Gasteiger partial charge in [0.15, 0.2) is 5.60 Å². The third-order valence-electron chi connectivity index (χ3n) is 4.67. The molecule has 0 aromatic heterocycles. The highest BCUT2D eigenvalue weighted by atomic mass is 31.2. The molecule has 128 valence electrons. The van der Waals surface area contributed by atoms with Crippen LogP contribution in [0.25, 0.3) is 0 Å². The van der Waals surface area contributed by atoms with Gasteiger partial charge in [-0.25, -0.2) is 9.45 Å². The Morgan fingerprint density at radius 2 is 1.96 bits per heavy atom. The fourth-order valence-corrected chi connectivity index (χ4v) is 4.17. The van der Waals surface area contributed by atoms with Gasteiger partial charge in [-0.2, -0.15) is 4.89 Å². The molecule has 0 radical (unpaired) electrons. The van der Waals surface area contributed by atoms with Gasteiger partial charge in [-0.05, 0) is 18.1 Å². The van der Waals surface area contributed by atoms with Crippen LogP contribution in [0.15, 0.2) is 24.3 Å². The monoisotopic (exact) mass is 344 g/mol. The molecule has 0 amide bonds. The zero-order valence-corrected chi connectivity index (χ0v) is 14.4. The summed E-state index contributed by atoms with van der Waals surface area (Å²) in [5.74, 6) is -0.967. The van der Waals surface area contributed by atoms with Crippen molar-refractivity contribution >= 4 is 7.82 Å². The normalized spacial score (nSPS) is 32.5. The first kappa shape index (κ1) is 16.9. The van der Waals surface area contributed by atoms with E-state index >= 15 is 0 Å². The zero-order chi connectivity index (χ0) is 17.1. The largest absolute Gasteiger partial charge is 0.524 e. The second kappa shape index (κ2) is 5.02. The van der Waals surface area contributed by atoms with Crippen molar-refractivity contribution in [1.29, 1.82) is 0 Å². The minimum absolute atomic E-state index is 0.0478. The van der Waals surface area contributed by atoms with E-state index in [1.54, 1.807) is 12.1 Å². The predicted molar refractivity (Wildman–Crippen MR) is 80.3 cm³/mol. The lowest BCUT2D eigenvalue weighted by molar-refractivity contribution is -0.618. The lowest BCUT2D eigenvalue weighted by Gasteiger charge is -2.57. The van der Waals surface area contributed by atoms with E-state index in [1.807, 2.05) is 27.7 Å². The fourth-order valence-electron chi connectivity index (χ4n) is 3.78. The maximum absolute atomic E-state index is 11.1. The quantitative estimate of drug-likeness (QED) is 0.640. The molecule has 0 spiro atoms. The summed E-state index contributed by atoms with van der Waals surface area (Å²) in [7, 11) is -4.63. The number of hydrogen-bond donors (Lipinski definition) is 2. The summed E-state index contributed by atoms with van der Waals surface area (Å²) in [6.45, 7) is 8.60. The van der Waals surface area contributed by atoms with Crippen LogP contribution < -0.4 is 4.52 Å². The molecular formula is C15H21O7P. The second-order valence-corrected chi connectivity index (χ2v) is 8.12. The third-order valence-corrected chi connectivity index (χ3v) is 5.12. The van der Waals surface area contributed by atoms with E-state index < -0.39 is 19.2 Å². The van der Waals surface area contributed by atoms with Crippen molar-refractivity contribution in [3.8, 4) is 5.75 Å². The van der Waals surface area contributed by atoms with E-state index in [1.165, 1.54) is 12.1 Å². The van der Waals surface area contributed by atoms with E-state index in [4.69, 9.17) is 24.3 Å². The van der Waals surface area contributed by atoms with Crippen LogP contribution >= 0.6 is 7.82 Å². The molecule has 23 heavy (non-hydrogen) atoms. The van der Waals surface area contributed by atoms with Crippen molar-refractivity contribution in [3.05, 3.63) is 29.8 Å². The van der Waals surface area contributed by atoms with Crippen molar-refractivity contribution in [2.45, 2.75) is 39.1 Å². The molecule has 2 fully saturated rings. The Kier molecular flexibility index (Phi) is 3.69. The van der Waals surface area contributed by atoms with Crippen LogP contribution in [0.2, 0.25) is 0 Å². The number of fused-ring (bicyclic) bond motifs is 1. The van der Waals surface area contributed by atoms with Crippen molar-refractivity contribution < 1.29 is 33.4 Å². The molecule has 1 aromatic carbocycles. The molecule has 2 N–H and O–H groups in total. The first-order valence-corrected chi connectivity index (χ1v) is 8.94. The molecular weight excluding hydrogens is 323 g/mol. The van der Waals surface area contributed by atoms with Gasteiger partial charge in [0.05, 0.1) is 6.61 Å². The zero-order valence-electron chi connectivity index (χ0n) is 13.5. The average molecular weight is 344 g/mol. The third kappa shape index (κ3) is 2.27. The lowest BCUT2D eigenvalue weighted by atomic mass is 9.64. The Bertz CT molecular complexity index is 668. The highest BCUT2D eigenvalue weighted by Gasteiger charge is 2.78. The van der Waals surface area contributed by atoms with Crippen molar-refractivity contribution in [2.24, 2.45) is 11.3 Å². The summed E-state index contributed by atoms with van der Waals surface area (Å²) in [6.07, 6.45) is 0. The Morgan fingerprint density at radius 3 is 2.48 bits per heavy atom. The van der Waals surface area contributed by atoms with Crippen LogP contribution in [0, 0.1) is 11.3 Å². The maximum Gasteiger partial charge on any atom is 0.524 e. The Labute approximate surface area is 134 Å². The van der Waals surface area contributed by atoms with Crippen LogP contribution in [0.4, 0.5) is 0 Å². The molecule has 1 aromatic rings. The van der Waals surface area contributed by atoms with E-state index in [0.717, 1.165) is 0 Å². The molecule has 3 rings (SSSR count). The Hall–Kier alpha value is -0.950. The average Bonchev–Trinajstić information content (AvgIpc) is 2.51. The van der Waals surface area contributed by atoms with Gasteiger partial charge in [-0.15, -0.1) is 0 Å². The Morgan fingerprint density at radius 1 is 1.26 bits per heavy atom. The van der Waals surface area contributed by atoms with Gasteiger partial charge in [0.1, 0.15) is 5.75 Å². The smallest absolute Gasteiger partial charge is 0.404 e. The molecule has 2 saturated heterocycles. The fraction of sp³-hybridized carbons (Fsp3) is 0.600. The van der Waals surface area contributed by atoms with Crippen LogP contribution in [-0.4, -0.2) is 22.0 Å². The molecule has 0 saturated carbocycles. The highest BCUT2D eigenvalue weighted by molar-refractivity contribution is 7.46. The first-order valence-electron chi connectivity index (χ1n) is 7.41. The van der Waals surface area contributed by atoms with Gasteiger partial charge in [0.25, 0.3) is 5.79 Å². The van der Waals surface area contributed by atoms with Gasteiger partial charge in [0, 0.05) is 11.0 Å². The van der Waals surface area contributed by atoms with Crippen molar-refractivity contribution in [1.82, 2.24) is 0 Å². The van der Waals surface area contributed by atoms with Crippen molar-refractivity contribution in [3.63, 3.8) is 0 Å². The Balaban J connectivity index is 2.05. The summed E-state index contributed by atoms with van der Waals surface area (Å²) < 4.78 is 21.7. The number of phosphoric acid groups is 1.